The maximum absolute atomic E-state index is 11.6. The van der Waals surface area contributed by atoms with Crippen molar-refractivity contribution in [3.8, 4) is 0 Å². The average molecular weight is 348 g/mol. The van der Waals surface area contributed by atoms with Gasteiger partial charge in [0.25, 0.3) is 0 Å². The lowest BCUT2D eigenvalue weighted by Crippen LogP contribution is -2.48. The Morgan fingerprint density at radius 2 is 2.00 bits per heavy atom. The number of hydrogen-bond donors (Lipinski definition) is 2. The summed E-state index contributed by atoms with van der Waals surface area (Å²) in [7, 11) is 0. The van der Waals surface area contributed by atoms with E-state index >= 15 is 0 Å². The molecular weight excluding hydrogens is 321 g/mol. The van der Waals surface area contributed by atoms with Gasteiger partial charge in [0.2, 0.25) is 5.91 Å². The Bertz CT molecular complexity index is 429. The normalized spacial score (nSPS) is 19.5. The molecule has 0 spiro atoms. The second-order valence-corrected chi connectivity index (χ2v) is 5.64. The molecule has 1 aliphatic rings. The van der Waals surface area contributed by atoms with Crippen molar-refractivity contribution in [1.29, 1.82) is 0 Å². The van der Waals surface area contributed by atoms with Crippen molar-refractivity contribution in [3.63, 3.8) is 0 Å². The monoisotopic (exact) mass is 347 g/mol. The number of halogens is 2. The van der Waals surface area contributed by atoms with E-state index in [4.69, 9.17) is 5.73 Å². The number of nitrogens with one attached hydrogen (secondary N) is 1. The van der Waals surface area contributed by atoms with Gasteiger partial charge in [-0.15, -0.1) is 24.8 Å². The highest BCUT2D eigenvalue weighted by Gasteiger charge is 2.23. The Balaban J connectivity index is 0.00000220. The van der Waals surface area contributed by atoms with Crippen LogP contribution in [0, 0.1) is 0 Å². The highest BCUT2D eigenvalue weighted by Crippen LogP contribution is 2.19. The van der Waals surface area contributed by atoms with Crippen LogP contribution in [0.4, 0.5) is 0 Å². The van der Waals surface area contributed by atoms with Crippen molar-refractivity contribution >= 4 is 30.7 Å². The van der Waals surface area contributed by atoms with Crippen molar-refractivity contribution in [2.75, 3.05) is 13.1 Å². The van der Waals surface area contributed by atoms with E-state index in [-0.39, 0.29) is 30.7 Å². The van der Waals surface area contributed by atoms with Gasteiger partial charge in [-0.2, -0.15) is 0 Å². The maximum Gasteiger partial charge on any atom is 0.236 e. The minimum atomic E-state index is -0.429. The molecule has 3 N–H and O–H groups in total. The fourth-order valence-corrected chi connectivity index (χ4v) is 2.70. The lowest BCUT2D eigenvalue weighted by Gasteiger charge is -2.36. The number of carbonyl (C=O) groups excluding carboxylic acids is 1. The summed E-state index contributed by atoms with van der Waals surface area (Å²) in [5.74, 6) is -0.0600. The number of nitrogens with two attached hydrogens (primary N) is 1. The maximum atomic E-state index is 11.6. The SMILES string of the molecule is C[C@H](N)C(=O)NCC1CCCCN1Cc1ccccc1.Cl.Cl. The van der Waals surface area contributed by atoms with E-state index in [2.05, 4.69) is 34.5 Å². The summed E-state index contributed by atoms with van der Waals surface area (Å²) in [6.07, 6.45) is 3.63. The predicted octanol–water partition coefficient (Wildman–Crippen LogP) is 2.35. The zero-order valence-electron chi connectivity index (χ0n) is 13.0. The van der Waals surface area contributed by atoms with E-state index in [1.54, 1.807) is 6.92 Å². The van der Waals surface area contributed by atoms with Crippen molar-refractivity contribution in [1.82, 2.24) is 10.2 Å². The zero-order chi connectivity index (χ0) is 14.4. The molecule has 2 atom stereocenters. The van der Waals surface area contributed by atoms with E-state index in [9.17, 15) is 4.79 Å². The van der Waals surface area contributed by atoms with Crippen LogP contribution in [-0.2, 0) is 11.3 Å². The molecule has 1 aromatic carbocycles. The molecule has 6 heteroatoms. The third kappa shape index (κ3) is 6.53. The Morgan fingerprint density at radius 1 is 1.32 bits per heavy atom. The van der Waals surface area contributed by atoms with Crippen molar-refractivity contribution in [2.24, 2.45) is 5.73 Å². The predicted molar refractivity (Wildman–Crippen MR) is 95.6 cm³/mol. The van der Waals surface area contributed by atoms with Gasteiger partial charge in [0.1, 0.15) is 0 Å². The molecule has 126 valence electrons. The Labute approximate surface area is 145 Å². The molecule has 2 rings (SSSR count). The van der Waals surface area contributed by atoms with E-state index in [1.165, 1.54) is 18.4 Å². The van der Waals surface area contributed by atoms with Gasteiger partial charge in [-0.05, 0) is 31.9 Å². The molecule has 1 saturated heterocycles. The topological polar surface area (TPSA) is 58.4 Å². The second kappa shape index (κ2) is 10.8. The molecule has 0 bridgehead atoms. The van der Waals surface area contributed by atoms with Gasteiger partial charge in [-0.25, -0.2) is 0 Å². The highest BCUT2D eigenvalue weighted by atomic mass is 35.5. The summed E-state index contributed by atoms with van der Waals surface area (Å²) in [5.41, 5.74) is 6.92. The number of rotatable bonds is 5. The summed E-state index contributed by atoms with van der Waals surface area (Å²) in [5, 5.41) is 2.96. The Morgan fingerprint density at radius 3 is 2.64 bits per heavy atom. The van der Waals surface area contributed by atoms with Gasteiger partial charge in [-0.3, -0.25) is 9.69 Å². The Kier molecular flexibility index (Phi) is 10.4. The van der Waals surface area contributed by atoms with Crippen LogP contribution in [0.1, 0.15) is 31.7 Å². The van der Waals surface area contributed by atoms with E-state index in [0.29, 0.717) is 12.6 Å². The van der Waals surface area contributed by atoms with Crippen LogP contribution in [-0.4, -0.2) is 36.0 Å². The number of benzene rings is 1. The van der Waals surface area contributed by atoms with Crippen LogP contribution in [0.15, 0.2) is 30.3 Å². The fraction of sp³-hybridized carbons (Fsp3) is 0.562. The quantitative estimate of drug-likeness (QED) is 0.859. The molecule has 1 aliphatic heterocycles. The lowest BCUT2D eigenvalue weighted by atomic mass is 10.0. The van der Waals surface area contributed by atoms with E-state index in [0.717, 1.165) is 19.5 Å². The number of nitrogens with zero attached hydrogens (tertiary/aromatic N) is 1. The summed E-state index contributed by atoms with van der Waals surface area (Å²) < 4.78 is 0. The summed E-state index contributed by atoms with van der Waals surface area (Å²) in [6, 6.07) is 10.5. The zero-order valence-corrected chi connectivity index (χ0v) is 14.7. The molecule has 1 aromatic rings. The van der Waals surface area contributed by atoms with Crippen molar-refractivity contribution in [3.05, 3.63) is 35.9 Å². The van der Waals surface area contributed by atoms with Crippen LogP contribution in [0.2, 0.25) is 0 Å². The minimum Gasteiger partial charge on any atom is -0.353 e. The van der Waals surface area contributed by atoms with Crippen molar-refractivity contribution < 1.29 is 4.79 Å². The smallest absolute Gasteiger partial charge is 0.236 e. The average Bonchev–Trinajstić information content (AvgIpc) is 2.47. The van der Waals surface area contributed by atoms with Crippen LogP contribution in [0.25, 0.3) is 0 Å². The molecule has 4 nitrogen and oxygen atoms in total. The van der Waals surface area contributed by atoms with Gasteiger partial charge in [-0.1, -0.05) is 36.8 Å². The third-order valence-corrected chi connectivity index (χ3v) is 3.90. The van der Waals surface area contributed by atoms with Gasteiger partial charge in [0.15, 0.2) is 0 Å². The van der Waals surface area contributed by atoms with Gasteiger partial charge in [0, 0.05) is 19.1 Å². The summed E-state index contributed by atoms with van der Waals surface area (Å²) >= 11 is 0. The van der Waals surface area contributed by atoms with Gasteiger partial charge in [0.05, 0.1) is 6.04 Å². The van der Waals surface area contributed by atoms with Crippen LogP contribution >= 0.6 is 24.8 Å². The minimum absolute atomic E-state index is 0. The molecule has 1 fully saturated rings. The molecule has 22 heavy (non-hydrogen) atoms. The first-order chi connectivity index (χ1) is 9.66. The van der Waals surface area contributed by atoms with E-state index in [1.807, 2.05) is 6.07 Å². The molecule has 0 radical (unpaired) electrons. The number of amides is 1. The number of piperidine rings is 1. The largest absolute Gasteiger partial charge is 0.353 e. The standard InChI is InChI=1S/C16H25N3O.2ClH/c1-13(17)16(20)18-11-15-9-5-6-10-19(15)12-14-7-3-2-4-8-14;;/h2-4,7-8,13,15H,5-6,9-12,17H2,1H3,(H,18,20);2*1H/t13-,15?;;/m0../s1. The molecule has 1 unspecified atom stereocenters. The number of likely N-dealkylation sites (tertiary alicyclic amines) is 1. The number of hydrogen-bond acceptors (Lipinski definition) is 3. The first-order valence-electron chi connectivity index (χ1n) is 7.48. The second-order valence-electron chi connectivity index (χ2n) is 5.64. The molecule has 0 aromatic heterocycles. The molecule has 1 amide bonds. The van der Waals surface area contributed by atoms with E-state index < -0.39 is 6.04 Å². The molecular formula is C16H27Cl2N3O. The molecule has 0 aliphatic carbocycles. The van der Waals surface area contributed by atoms with Gasteiger partial charge < -0.3 is 11.1 Å². The van der Waals surface area contributed by atoms with Crippen LogP contribution < -0.4 is 11.1 Å². The lowest BCUT2D eigenvalue weighted by molar-refractivity contribution is -0.122. The Hall–Kier alpha value is -0.810. The number of carbonyl (C=O) groups is 1. The highest BCUT2D eigenvalue weighted by molar-refractivity contribution is 5.85. The summed E-state index contributed by atoms with van der Waals surface area (Å²) in [4.78, 5) is 14.1. The first kappa shape index (κ1) is 21.2. The fourth-order valence-electron chi connectivity index (χ4n) is 2.70. The first-order valence-corrected chi connectivity index (χ1v) is 7.48. The van der Waals surface area contributed by atoms with Gasteiger partial charge >= 0.3 is 0 Å². The van der Waals surface area contributed by atoms with Crippen LogP contribution in [0.3, 0.4) is 0 Å². The molecule has 1 heterocycles. The van der Waals surface area contributed by atoms with Crippen molar-refractivity contribution in [2.45, 2.75) is 44.8 Å². The third-order valence-electron chi connectivity index (χ3n) is 3.90. The summed E-state index contributed by atoms with van der Waals surface area (Å²) in [6.45, 7) is 4.48. The van der Waals surface area contributed by atoms with Crippen LogP contribution in [0.5, 0.6) is 0 Å². The molecule has 0 saturated carbocycles.